The van der Waals surface area contributed by atoms with Gasteiger partial charge in [-0.05, 0) is 42.7 Å². The third-order valence-corrected chi connectivity index (χ3v) is 5.25. The number of hydrogen-bond acceptors (Lipinski definition) is 4. The van der Waals surface area contributed by atoms with Gasteiger partial charge in [0, 0.05) is 20.1 Å². The number of aliphatic imine (C=N–C) groups is 1. The maximum Gasteiger partial charge on any atom is 0.194 e. The first-order valence-electron chi connectivity index (χ1n) is 9.91. The van der Waals surface area contributed by atoms with E-state index in [-0.39, 0.29) is 30.1 Å². The third kappa shape index (κ3) is 5.78. The Balaban J connectivity index is 0.00000320. The van der Waals surface area contributed by atoms with Gasteiger partial charge in [-0.1, -0.05) is 29.8 Å². The first-order chi connectivity index (χ1) is 14.0. The van der Waals surface area contributed by atoms with Crippen LogP contribution in [0.2, 0.25) is 0 Å². The lowest BCUT2D eigenvalue weighted by Crippen LogP contribution is -2.48. The Morgan fingerprint density at radius 1 is 1.13 bits per heavy atom. The number of halogens is 1. The predicted molar refractivity (Wildman–Crippen MR) is 131 cm³/mol. The molecule has 1 unspecified atom stereocenters. The van der Waals surface area contributed by atoms with E-state index in [9.17, 15) is 0 Å². The molecule has 0 aromatic heterocycles. The molecular weight excluding hydrogens is 493 g/mol. The van der Waals surface area contributed by atoms with Crippen molar-refractivity contribution >= 4 is 29.9 Å². The summed E-state index contributed by atoms with van der Waals surface area (Å²) in [5.41, 5.74) is 4.88. The summed E-state index contributed by atoms with van der Waals surface area (Å²) in [4.78, 5) is 6.75. The summed E-state index contributed by atoms with van der Waals surface area (Å²) < 4.78 is 16.8. The quantitative estimate of drug-likeness (QED) is 0.362. The Kier molecular flexibility index (Phi) is 9.23. The van der Waals surface area contributed by atoms with E-state index in [0.29, 0.717) is 13.2 Å². The summed E-state index contributed by atoms with van der Waals surface area (Å²) in [5, 5.41) is 3.46. The highest BCUT2D eigenvalue weighted by Gasteiger charge is 2.25. The average molecular weight is 525 g/mol. The number of guanidine groups is 1. The monoisotopic (exact) mass is 525 g/mol. The second-order valence-corrected chi connectivity index (χ2v) is 7.26. The van der Waals surface area contributed by atoms with Gasteiger partial charge in [0.25, 0.3) is 0 Å². The lowest BCUT2D eigenvalue weighted by atomic mass is 10.00. The second kappa shape index (κ2) is 11.4. The van der Waals surface area contributed by atoms with Gasteiger partial charge in [0.2, 0.25) is 0 Å². The Hall–Kier alpha value is -2.00. The molecule has 30 heavy (non-hydrogen) atoms. The highest BCUT2D eigenvalue weighted by atomic mass is 127. The Labute approximate surface area is 196 Å². The van der Waals surface area contributed by atoms with E-state index < -0.39 is 0 Å². The van der Waals surface area contributed by atoms with Gasteiger partial charge in [-0.15, -0.1) is 24.0 Å². The van der Waals surface area contributed by atoms with Gasteiger partial charge in [-0.2, -0.15) is 0 Å². The summed E-state index contributed by atoms with van der Waals surface area (Å²) in [5.74, 6) is 2.33. The molecular formula is C23H32IN3O3. The van der Waals surface area contributed by atoms with Gasteiger partial charge in [-0.25, -0.2) is 0 Å². The SMILES string of the molecule is CN=C(NCc1ccc(OC)c(OC)c1)N1CCOC(c2ccc(C)cc2C)C1.I. The maximum absolute atomic E-state index is 6.07. The lowest BCUT2D eigenvalue weighted by molar-refractivity contribution is -0.00834. The van der Waals surface area contributed by atoms with Crippen LogP contribution in [0.5, 0.6) is 11.5 Å². The predicted octanol–water partition coefficient (Wildman–Crippen LogP) is 4.09. The molecule has 7 heteroatoms. The summed E-state index contributed by atoms with van der Waals surface area (Å²) >= 11 is 0. The molecule has 1 saturated heterocycles. The Bertz CT molecular complexity index is 873. The highest BCUT2D eigenvalue weighted by molar-refractivity contribution is 14.0. The van der Waals surface area contributed by atoms with Gasteiger partial charge in [0.15, 0.2) is 17.5 Å². The fraction of sp³-hybridized carbons (Fsp3) is 0.435. The minimum absolute atomic E-state index is 0. The molecule has 2 aromatic rings. The molecule has 1 aliphatic rings. The normalized spacial score (nSPS) is 16.6. The van der Waals surface area contributed by atoms with Gasteiger partial charge >= 0.3 is 0 Å². The van der Waals surface area contributed by atoms with Crippen LogP contribution in [0.3, 0.4) is 0 Å². The minimum atomic E-state index is 0. The van der Waals surface area contributed by atoms with Crippen molar-refractivity contribution in [2.24, 2.45) is 4.99 Å². The van der Waals surface area contributed by atoms with Crippen molar-refractivity contribution in [3.8, 4) is 11.5 Å². The molecule has 0 amide bonds. The number of nitrogens with zero attached hydrogens (tertiary/aromatic N) is 2. The summed E-state index contributed by atoms with van der Waals surface area (Å²) in [7, 11) is 5.11. The van der Waals surface area contributed by atoms with Crippen LogP contribution in [0.15, 0.2) is 41.4 Å². The fourth-order valence-corrected chi connectivity index (χ4v) is 3.72. The van der Waals surface area contributed by atoms with E-state index in [4.69, 9.17) is 14.2 Å². The Morgan fingerprint density at radius 3 is 2.57 bits per heavy atom. The first kappa shape index (κ1) is 24.3. The van der Waals surface area contributed by atoms with E-state index >= 15 is 0 Å². The van der Waals surface area contributed by atoms with Gasteiger partial charge in [0.05, 0.1) is 27.4 Å². The van der Waals surface area contributed by atoms with Crippen molar-refractivity contribution in [3.05, 3.63) is 58.7 Å². The summed E-state index contributed by atoms with van der Waals surface area (Å²) in [6, 6.07) is 12.5. The van der Waals surface area contributed by atoms with Crippen LogP contribution in [0, 0.1) is 13.8 Å². The Morgan fingerprint density at radius 2 is 1.90 bits per heavy atom. The van der Waals surface area contributed by atoms with E-state index in [1.807, 2.05) is 25.2 Å². The van der Waals surface area contributed by atoms with Gasteiger partial charge in [-0.3, -0.25) is 4.99 Å². The zero-order valence-corrected chi connectivity index (χ0v) is 20.7. The van der Waals surface area contributed by atoms with Crippen molar-refractivity contribution in [1.29, 1.82) is 0 Å². The molecule has 1 fully saturated rings. The van der Waals surface area contributed by atoms with Crippen molar-refractivity contribution in [3.63, 3.8) is 0 Å². The van der Waals surface area contributed by atoms with Gasteiger partial charge in [0.1, 0.15) is 6.10 Å². The van der Waals surface area contributed by atoms with Crippen LogP contribution in [0.4, 0.5) is 0 Å². The molecule has 1 N–H and O–H groups in total. The number of morpholine rings is 1. The van der Waals surface area contributed by atoms with E-state index in [1.54, 1.807) is 14.2 Å². The molecule has 0 bridgehead atoms. The van der Waals surface area contributed by atoms with E-state index in [0.717, 1.165) is 36.1 Å². The van der Waals surface area contributed by atoms with Crippen molar-refractivity contribution in [1.82, 2.24) is 10.2 Å². The standard InChI is InChI=1S/C23H31N3O3.HI/c1-16-6-8-19(17(2)12-16)22-15-26(10-11-29-22)23(24-3)25-14-18-7-9-20(27-4)21(13-18)28-5;/h6-9,12-13,22H,10-11,14-15H2,1-5H3,(H,24,25);1H. The molecule has 1 heterocycles. The number of rotatable bonds is 5. The topological polar surface area (TPSA) is 55.3 Å². The van der Waals surface area contributed by atoms with Crippen molar-refractivity contribution < 1.29 is 14.2 Å². The molecule has 1 atom stereocenters. The van der Waals surface area contributed by atoms with Gasteiger partial charge < -0.3 is 24.4 Å². The number of ether oxygens (including phenoxy) is 3. The van der Waals surface area contributed by atoms with Crippen molar-refractivity contribution in [2.45, 2.75) is 26.5 Å². The van der Waals surface area contributed by atoms with Crippen molar-refractivity contribution in [2.75, 3.05) is 41.0 Å². The lowest BCUT2D eigenvalue weighted by Gasteiger charge is -2.36. The molecule has 2 aromatic carbocycles. The molecule has 0 radical (unpaired) electrons. The second-order valence-electron chi connectivity index (χ2n) is 7.26. The summed E-state index contributed by atoms with van der Waals surface area (Å²) in [6.07, 6.45) is 0.0454. The van der Waals surface area contributed by atoms with Crippen LogP contribution in [-0.4, -0.2) is 51.8 Å². The molecule has 6 nitrogen and oxygen atoms in total. The number of methoxy groups -OCH3 is 2. The maximum atomic E-state index is 6.07. The number of nitrogens with one attached hydrogen (secondary N) is 1. The largest absolute Gasteiger partial charge is 0.493 e. The zero-order valence-electron chi connectivity index (χ0n) is 18.4. The molecule has 164 valence electrons. The smallest absolute Gasteiger partial charge is 0.194 e. The van der Waals surface area contributed by atoms with Crippen LogP contribution in [0.25, 0.3) is 0 Å². The average Bonchev–Trinajstić information content (AvgIpc) is 2.74. The number of benzene rings is 2. The van der Waals surface area contributed by atoms with Crippen LogP contribution >= 0.6 is 24.0 Å². The summed E-state index contributed by atoms with van der Waals surface area (Å²) in [6.45, 7) is 7.18. The molecule has 0 aliphatic carbocycles. The van der Waals surface area contributed by atoms with E-state index in [1.165, 1.54) is 16.7 Å². The fourth-order valence-electron chi connectivity index (χ4n) is 3.72. The molecule has 0 saturated carbocycles. The van der Waals surface area contributed by atoms with Crippen LogP contribution < -0.4 is 14.8 Å². The first-order valence-corrected chi connectivity index (χ1v) is 9.91. The zero-order chi connectivity index (χ0) is 20.8. The number of hydrogen-bond donors (Lipinski definition) is 1. The third-order valence-electron chi connectivity index (χ3n) is 5.25. The van der Waals surface area contributed by atoms with Crippen LogP contribution in [-0.2, 0) is 11.3 Å². The van der Waals surface area contributed by atoms with Crippen LogP contribution in [0.1, 0.15) is 28.4 Å². The number of aryl methyl sites for hydroxylation is 2. The molecule has 0 spiro atoms. The molecule has 1 aliphatic heterocycles. The highest BCUT2D eigenvalue weighted by Crippen LogP contribution is 2.28. The molecule has 3 rings (SSSR count). The van der Waals surface area contributed by atoms with E-state index in [2.05, 4.69) is 47.3 Å². The minimum Gasteiger partial charge on any atom is -0.493 e.